The lowest BCUT2D eigenvalue weighted by molar-refractivity contribution is -0.0517. The summed E-state index contributed by atoms with van der Waals surface area (Å²) in [6.45, 7) is 6.80. The molecule has 0 amide bonds. The molecule has 0 aromatic heterocycles. The third-order valence-corrected chi connectivity index (χ3v) is 4.48. The molecule has 0 unspecified atom stereocenters. The Morgan fingerprint density at radius 1 is 1.50 bits per heavy atom. The molecule has 0 bridgehead atoms. The number of hydrogen-bond acceptors (Lipinski definition) is 2. The van der Waals surface area contributed by atoms with E-state index in [0.29, 0.717) is 12.5 Å². The third kappa shape index (κ3) is 1.33. The van der Waals surface area contributed by atoms with Gasteiger partial charge in [-0.05, 0) is 25.0 Å². The maximum absolute atomic E-state index is 6.35. The summed E-state index contributed by atoms with van der Waals surface area (Å²) in [5.74, 6) is 0.439. The van der Waals surface area contributed by atoms with E-state index < -0.39 is 0 Å². The lowest BCUT2D eigenvalue weighted by atomic mass is 9.81. The van der Waals surface area contributed by atoms with Crippen molar-refractivity contribution in [1.29, 1.82) is 0 Å². The van der Waals surface area contributed by atoms with Crippen LogP contribution in [0.2, 0.25) is 5.02 Å². The van der Waals surface area contributed by atoms with Gasteiger partial charge in [0.15, 0.2) is 0 Å². The van der Waals surface area contributed by atoms with Crippen LogP contribution in [0.5, 0.6) is 0 Å². The summed E-state index contributed by atoms with van der Waals surface area (Å²) in [6, 6.07) is 4.33. The molecule has 16 heavy (non-hydrogen) atoms. The van der Waals surface area contributed by atoms with Crippen LogP contribution in [0.1, 0.15) is 29.5 Å². The van der Waals surface area contributed by atoms with Crippen LogP contribution in [0.3, 0.4) is 0 Å². The fraction of sp³-hybridized carbons (Fsp3) is 0.538. The van der Waals surface area contributed by atoms with Crippen LogP contribution in [-0.4, -0.2) is 18.7 Å². The molecule has 0 aliphatic carbocycles. The first kappa shape index (κ1) is 10.6. The Kier molecular flexibility index (Phi) is 2.29. The zero-order valence-corrected chi connectivity index (χ0v) is 10.4. The van der Waals surface area contributed by atoms with Gasteiger partial charge < -0.3 is 10.1 Å². The predicted molar refractivity (Wildman–Crippen MR) is 65.0 cm³/mol. The Bertz CT molecular complexity index is 446. The molecule has 0 radical (unpaired) electrons. The molecule has 1 aromatic carbocycles. The minimum absolute atomic E-state index is 0.0500. The van der Waals surface area contributed by atoms with E-state index >= 15 is 0 Å². The number of fused-ring (bicyclic) bond motifs is 3. The summed E-state index contributed by atoms with van der Waals surface area (Å²) < 4.78 is 6.00. The van der Waals surface area contributed by atoms with E-state index in [1.807, 2.05) is 6.92 Å². The molecule has 1 aromatic rings. The Hall–Kier alpha value is -0.570. The fourth-order valence-corrected chi connectivity index (χ4v) is 3.08. The highest BCUT2D eigenvalue weighted by molar-refractivity contribution is 6.32. The van der Waals surface area contributed by atoms with Gasteiger partial charge in [-0.15, -0.1) is 0 Å². The molecular weight excluding hydrogens is 222 g/mol. The number of aryl methyl sites for hydroxylation is 1. The van der Waals surface area contributed by atoms with Gasteiger partial charge in [-0.3, -0.25) is 0 Å². The molecule has 2 aliphatic rings. The van der Waals surface area contributed by atoms with E-state index in [1.54, 1.807) is 0 Å². The third-order valence-electron chi connectivity index (χ3n) is 3.96. The van der Waals surface area contributed by atoms with Crippen molar-refractivity contribution in [3.63, 3.8) is 0 Å². The average molecular weight is 238 g/mol. The van der Waals surface area contributed by atoms with Gasteiger partial charge in [0, 0.05) is 29.6 Å². The van der Waals surface area contributed by atoms with E-state index in [4.69, 9.17) is 16.3 Å². The number of nitrogens with one attached hydrogen (secondary N) is 1. The van der Waals surface area contributed by atoms with Crippen molar-refractivity contribution in [3.8, 4) is 0 Å². The van der Waals surface area contributed by atoms with Gasteiger partial charge in [-0.2, -0.15) is 0 Å². The normalized spacial score (nSPS) is 32.3. The quantitative estimate of drug-likeness (QED) is 0.749. The Morgan fingerprint density at radius 2 is 2.31 bits per heavy atom. The van der Waals surface area contributed by atoms with Gasteiger partial charge in [0.05, 0.1) is 12.2 Å². The second-order valence-corrected chi connectivity index (χ2v) is 5.43. The molecule has 0 spiro atoms. The summed E-state index contributed by atoms with van der Waals surface area (Å²) in [5.41, 5.74) is 3.65. The van der Waals surface area contributed by atoms with Crippen LogP contribution in [-0.2, 0) is 11.3 Å². The molecule has 3 rings (SSSR count). The fourth-order valence-electron chi connectivity index (χ4n) is 2.86. The topological polar surface area (TPSA) is 21.3 Å². The molecule has 3 heteroatoms. The van der Waals surface area contributed by atoms with Gasteiger partial charge in [-0.25, -0.2) is 0 Å². The van der Waals surface area contributed by atoms with Crippen LogP contribution < -0.4 is 5.32 Å². The largest absolute Gasteiger partial charge is 0.369 e. The van der Waals surface area contributed by atoms with Gasteiger partial charge in [0.25, 0.3) is 0 Å². The molecular formula is C13H16ClNO. The number of benzene rings is 1. The van der Waals surface area contributed by atoms with Crippen molar-refractivity contribution in [1.82, 2.24) is 5.32 Å². The second-order valence-electron chi connectivity index (χ2n) is 5.05. The molecule has 2 atom stereocenters. The summed E-state index contributed by atoms with van der Waals surface area (Å²) in [4.78, 5) is 0. The molecule has 2 nitrogen and oxygen atoms in total. The van der Waals surface area contributed by atoms with Gasteiger partial charge in [0.1, 0.15) is 0 Å². The predicted octanol–water partition coefficient (Wildman–Crippen LogP) is 2.62. The van der Waals surface area contributed by atoms with Crippen LogP contribution in [0, 0.1) is 6.92 Å². The first-order chi connectivity index (χ1) is 7.62. The SMILES string of the molecule is Cc1ccc2c(c1Cl)CO[C@]1(C)CNC[C@H]21. The minimum Gasteiger partial charge on any atom is -0.369 e. The summed E-state index contributed by atoms with van der Waals surface area (Å²) in [7, 11) is 0. The van der Waals surface area contributed by atoms with Crippen molar-refractivity contribution >= 4 is 11.6 Å². The highest BCUT2D eigenvalue weighted by atomic mass is 35.5. The van der Waals surface area contributed by atoms with Crippen molar-refractivity contribution in [2.45, 2.75) is 32.0 Å². The number of hydrogen-bond donors (Lipinski definition) is 1. The van der Waals surface area contributed by atoms with E-state index in [9.17, 15) is 0 Å². The van der Waals surface area contributed by atoms with Crippen LogP contribution >= 0.6 is 11.6 Å². The van der Waals surface area contributed by atoms with Crippen LogP contribution in [0.4, 0.5) is 0 Å². The average Bonchev–Trinajstić information content (AvgIpc) is 2.65. The van der Waals surface area contributed by atoms with E-state index in [-0.39, 0.29) is 5.60 Å². The smallest absolute Gasteiger partial charge is 0.0863 e. The summed E-state index contributed by atoms with van der Waals surface area (Å²) in [6.07, 6.45) is 0. The maximum atomic E-state index is 6.35. The molecule has 2 aliphatic heterocycles. The highest BCUT2D eigenvalue weighted by Crippen LogP contribution is 2.43. The lowest BCUT2D eigenvalue weighted by Gasteiger charge is -2.37. The maximum Gasteiger partial charge on any atom is 0.0863 e. The monoisotopic (exact) mass is 237 g/mol. The number of ether oxygens (including phenoxy) is 1. The standard InChI is InChI=1S/C13H16ClNO/c1-8-3-4-9-10(12(8)14)6-16-13(2)7-15-5-11(9)13/h3-4,11,15H,5-7H2,1-2H3/t11-,13-/m1/s1. The molecule has 0 saturated carbocycles. The Morgan fingerprint density at radius 3 is 3.12 bits per heavy atom. The van der Waals surface area contributed by atoms with E-state index in [0.717, 1.165) is 23.7 Å². The van der Waals surface area contributed by atoms with Gasteiger partial charge >= 0.3 is 0 Å². The highest BCUT2D eigenvalue weighted by Gasteiger charge is 2.44. The zero-order valence-electron chi connectivity index (χ0n) is 9.64. The number of rotatable bonds is 0. The first-order valence-electron chi connectivity index (χ1n) is 5.74. The minimum atomic E-state index is -0.0500. The van der Waals surface area contributed by atoms with Crippen LogP contribution in [0.15, 0.2) is 12.1 Å². The summed E-state index contributed by atoms with van der Waals surface area (Å²) >= 11 is 6.35. The lowest BCUT2D eigenvalue weighted by Crippen LogP contribution is -2.39. The van der Waals surface area contributed by atoms with Crippen LogP contribution in [0.25, 0.3) is 0 Å². The van der Waals surface area contributed by atoms with E-state index in [2.05, 4.69) is 24.4 Å². The van der Waals surface area contributed by atoms with E-state index in [1.165, 1.54) is 11.1 Å². The van der Waals surface area contributed by atoms with Crippen molar-refractivity contribution in [2.24, 2.45) is 0 Å². The molecule has 86 valence electrons. The summed E-state index contributed by atoms with van der Waals surface area (Å²) in [5, 5.41) is 4.29. The Labute approximate surface area is 101 Å². The second kappa shape index (κ2) is 3.46. The van der Waals surface area contributed by atoms with Gasteiger partial charge in [-0.1, -0.05) is 23.7 Å². The van der Waals surface area contributed by atoms with Crippen molar-refractivity contribution in [2.75, 3.05) is 13.1 Å². The molecule has 1 N–H and O–H groups in total. The van der Waals surface area contributed by atoms with Gasteiger partial charge in [0.2, 0.25) is 0 Å². The Balaban J connectivity index is 2.14. The van der Waals surface area contributed by atoms with Crippen molar-refractivity contribution in [3.05, 3.63) is 33.8 Å². The number of halogens is 1. The molecule has 1 fully saturated rings. The van der Waals surface area contributed by atoms with Crippen molar-refractivity contribution < 1.29 is 4.74 Å². The zero-order chi connectivity index (χ0) is 11.3. The molecule has 2 heterocycles. The first-order valence-corrected chi connectivity index (χ1v) is 6.12. The molecule has 1 saturated heterocycles.